The van der Waals surface area contributed by atoms with E-state index in [1.54, 1.807) is 6.20 Å². The normalized spacial score (nSPS) is 10.8. The number of pyridine rings is 1. The summed E-state index contributed by atoms with van der Waals surface area (Å²) >= 11 is 5.50. The largest absolute Gasteiger partial charge is 0.397 e. The van der Waals surface area contributed by atoms with Crippen LogP contribution in [0.3, 0.4) is 0 Å². The van der Waals surface area contributed by atoms with Crippen LogP contribution in [-0.2, 0) is 0 Å². The van der Waals surface area contributed by atoms with Gasteiger partial charge in [-0.3, -0.25) is 4.98 Å². The van der Waals surface area contributed by atoms with E-state index in [4.69, 9.17) is 17.3 Å². The van der Waals surface area contributed by atoms with Crippen LogP contribution >= 0.6 is 11.6 Å². The summed E-state index contributed by atoms with van der Waals surface area (Å²) in [5.41, 5.74) is 8.22. The zero-order valence-corrected chi connectivity index (χ0v) is 7.67. The van der Waals surface area contributed by atoms with Gasteiger partial charge >= 0.3 is 0 Å². The average molecular weight is 183 g/mol. The van der Waals surface area contributed by atoms with Crippen molar-refractivity contribution < 1.29 is 0 Å². The van der Waals surface area contributed by atoms with E-state index in [1.807, 2.05) is 25.1 Å². The number of nitrogens with two attached hydrogens (primary N) is 1. The van der Waals surface area contributed by atoms with Crippen molar-refractivity contribution in [3.05, 3.63) is 29.6 Å². The van der Waals surface area contributed by atoms with E-state index in [0.717, 1.165) is 11.3 Å². The van der Waals surface area contributed by atoms with Crippen LogP contribution in [0.5, 0.6) is 0 Å². The van der Waals surface area contributed by atoms with E-state index in [2.05, 4.69) is 4.98 Å². The highest BCUT2D eigenvalue weighted by molar-refractivity contribution is 6.19. The Hall–Kier alpha value is -1.02. The minimum absolute atomic E-state index is 0.505. The number of halogens is 1. The lowest BCUT2D eigenvalue weighted by Crippen LogP contribution is -1.91. The first-order valence-electron chi connectivity index (χ1n) is 3.68. The molecule has 1 aromatic rings. The zero-order valence-electron chi connectivity index (χ0n) is 6.92. The molecular weight excluding hydrogens is 172 g/mol. The third-order valence-corrected chi connectivity index (χ3v) is 1.68. The van der Waals surface area contributed by atoms with Crippen molar-refractivity contribution in [1.29, 1.82) is 0 Å². The van der Waals surface area contributed by atoms with E-state index in [1.165, 1.54) is 0 Å². The number of aryl methyl sites for hydroxylation is 1. The first kappa shape index (κ1) is 9.07. The molecule has 0 spiro atoms. The highest BCUT2D eigenvalue weighted by Crippen LogP contribution is 2.10. The fraction of sp³-hybridized carbons (Fsp3) is 0.222. The summed E-state index contributed by atoms with van der Waals surface area (Å²) in [5, 5.41) is 0. The molecule has 12 heavy (non-hydrogen) atoms. The monoisotopic (exact) mass is 182 g/mol. The number of anilines is 1. The predicted molar refractivity (Wildman–Crippen MR) is 53.1 cm³/mol. The molecule has 0 bridgehead atoms. The van der Waals surface area contributed by atoms with Crippen LogP contribution in [-0.4, -0.2) is 10.9 Å². The molecule has 0 aromatic carbocycles. The van der Waals surface area contributed by atoms with Gasteiger partial charge in [0.1, 0.15) is 0 Å². The molecule has 0 aliphatic heterocycles. The number of nitrogen functional groups attached to an aromatic ring is 1. The van der Waals surface area contributed by atoms with E-state index in [0.29, 0.717) is 11.6 Å². The molecule has 0 atom stereocenters. The average Bonchev–Trinajstić information content (AvgIpc) is 2.03. The van der Waals surface area contributed by atoms with Crippen LogP contribution in [0, 0.1) is 6.92 Å². The van der Waals surface area contributed by atoms with Crippen LogP contribution in [0.2, 0.25) is 0 Å². The Balaban J connectivity index is 2.94. The minimum Gasteiger partial charge on any atom is -0.397 e. The predicted octanol–water partition coefficient (Wildman–Crippen LogP) is 2.22. The quantitative estimate of drug-likeness (QED) is 0.713. The maximum atomic E-state index is 5.54. The summed E-state index contributed by atoms with van der Waals surface area (Å²) in [4.78, 5) is 4.14. The zero-order chi connectivity index (χ0) is 8.97. The third kappa shape index (κ3) is 2.24. The van der Waals surface area contributed by atoms with Gasteiger partial charge in [-0.05, 0) is 24.6 Å². The van der Waals surface area contributed by atoms with Gasteiger partial charge in [0.2, 0.25) is 0 Å². The molecule has 1 heterocycles. The van der Waals surface area contributed by atoms with Gasteiger partial charge < -0.3 is 5.73 Å². The summed E-state index contributed by atoms with van der Waals surface area (Å²) in [7, 11) is 0. The third-order valence-electron chi connectivity index (χ3n) is 1.50. The Morgan fingerprint density at radius 2 is 2.42 bits per heavy atom. The van der Waals surface area contributed by atoms with Crippen LogP contribution < -0.4 is 5.73 Å². The minimum atomic E-state index is 0.505. The van der Waals surface area contributed by atoms with E-state index >= 15 is 0 Å². The van der Waals surface area contributed by atoms with Gasteiger partial charge in [0.25, 0.3) is 0 Å². The first-order valence-corrected chi connectivity index (χ1v) is 4.22. The maximum Gasteiger partial charge on any atom is 0.0657 e. The van der Waals surface area contributed by atoms with Gasteiger partial charge in [0.05, 0.1) is 17.6 Å². The van der Waals surface area contributed by atoms with E-state index < -0.39 is 0 Å². The second-order valence-electron chi connectivity index (χ2n) is 2.53. The maximum absolute atomic E-state index is 5.54. The SMILES string of the molecule is Cc1cc(N)cnc1C=CCCl. The van der Waals surface area contributed by atoms with E-state index in [9.17, 15) is 0 Å². The lowest BCUT2D eigenvalue weighted by Gasteiger charge is -1.99. The Labute approximate surface area is 77.1 Å². The molecule has 1 rings (SSSR count). The van der Waals surface area contributed by atoms with Gasteiger partial charge in [-0.1, -0.05) is 6.08 Å². The van der Waals surface area contributed by atoms with Gasteiger partial charge in [-0.25, -0.2) is 0 Å². The molecule has 2 N–H and O–H groups in total. The Morgan fingerprint density at radius 1 is 1.67 bits per heavy atom. The van der Waals surface area contributed by atoms with Crippen LogP contribution in [0.25, 0.3) is 6.08 Å². The van der Waals surface area contributed by atoms with Crippen molar-refractivity contribution in [3.8, 4) is 0 Å². The molecule has 1 aromatic heterocycles. The number of hydrogen-bond acceptors (Lipinski definition) is 2. The highest BCUT2D eigenvalue weighted by Gasteiger charge is 1.94. The number of aromatic nitrogens is 1. The van der Waals surface area contributed by atoms with Gasteiger partial charge in [-0.2, -0.15) is 0 Å². The smallest absolute Gasteiger partial charge is 0.0657 e. The van der Waals surface area contributed by atoms with Crippen LogP contribution in [0.15, 0.2) is 18.3 Å². The van der Waals surface area contributed by atoms with Crippen molar-refractivity contribution in [2.24, 2.45) is 0 Å². The van der Waals surface area contributed by atoms with Crippen LogP contribution in [0.1, 0.15) is 11.3 Å². The standard InChI is InChI=1S/C9H11ClN2/c1-7-5-8(11)6-12-9(7)3-2-4-10/h2-3,5-6H,4,11H2,1H3. The molecular formula is C9H11ClN2. The second-order valence-corrected chi connectivity index (χ2v) is 2.84. The molecule has 64 valence electrons. The lowest BCUT2D eigenvalue weighted by atomic mass is 10.2. The number of nitrogens with zero attached hydrogens (tertiary/aromatic N) is 1. The summed E-state index contributed by atoms with van der Waals surface area (Å²) in [6.45, 7) is 1.97. The fourth-order valence-electron chi connectivity index (χ4n) is 0.938. The summed E-state index contributed by atoms with van der Waals surface area (Å²) in [5.74, 6) is 0.505. The molecule has 0 saturated carbocycles. The second kappa shape index (κ2) is 4.12. The summed E-state index contributed by atoms with van der Waals surface area (Å²) in [6.07, 6.45) is 5.38. The Morgan fingerprint density at radius 3 is 3.00 bits per heavy atom. The molecule has 0 fully saturated rings. The van der Waals surface area contributed by atoms with Gasteiger partial charge in [0.15, 0.2) is 0 Å². The van der Waals surface area contributed by atoms with Crippen molar-refractivity contribution in [2.75, 3.05) is 11.6 Å². The number of alkyl halides is 1. The van der Waals surface area contributed by atoms with Crippen LogP contribution in [0.4, 0.5) is 5.69 Å². The highest BCUT2D eigenvalue weighted by atomic mass is 35.5. The molecule has 0 radical (unpaired) electrons. The summed E-state index contributed by atoms with van der Waals surface area (Å²) in [6, 6.07) is 1.89. The lowest BCUT2D eigenvalue weighted by molar-refractivity contribution is 1.24. The van der Waals surface area contributed by atoms with Crippen molar-refractivity contribution >= 4 is 23.4 Å². The molecule has 0 amide bonds. The molecule has 0 unspecified atom stereocenters. The van der Waals surface area contributed by atoms with E-state index in [-0.39, 0.29) is 0 Å². The van der Waals surface area contributed by atoms with Crippen molar-refractivity contribution in [2.45, 2.75) is 6.92 Å². The Kier molecular flexibility index (Phi) is 3.11. The van der Waals surface area contributed by atoms with Crippen molar-refractivity contribution in [1.82, 2.24) is 4.98 Å². The topological polar surface area (TPSA) is 38.9 Å². The number of hydrogen-bond donors (Lipinski definition) is 1. The molecule has 3 heteroatoms. The Bertz CT molecular complexity index is 295. The van der Waals surface area contributed by atoms with Crippen molar-refractivity contribution in [3.63, 3.8) is 0 Å². The van der Waals surface area contributed by atoms with Gasteiger partial charge in [-0.15, -0.1) is 11.6 Å². The molecule has 0 saturated heterocycles. The first-order chi connectivity index (χ1) is 5.74. The van der Waals surface area contributed by atoms with Gasteiger partial charge in [0, 0.05) is 5.88 Å². The molecule has 0 aliphatic carbocycles. The number of rotatable bonds is 2. The molecule has 2 nitrogen and oxygen atoms in total. The summed E-state index contributed by atoms with van der Waals surface area (Å²) < 4.78 is 0. The molecule has 0 aliphatic rings. The number of allylic oxidation sites excluding steroid dienone is 1. The fourth-order valence-corrected chi connectivity index (χ4v) is 1.03.